The van der Waals surface area contributed by atoms with Gasteiger partial charge in [-0.15, -0.1) is 11.3 Å². The minimum Gasteiger partial charge on any atom is -0.391 e. The Balaban J connectivity index is 2.01. The smallest absolute Gasteiger partial charge is 0.151 e. The van der Waals surface area contributed by atoms with E-state index >= 15 is 0 Å². The van der Waals surface area contributed by atoms with E-state index < -0.39 is 0 Å². The summed E-state index contributed by atoms with van der Waals surface area (Å²) in [5, 5.41) is 1.58. The van der Waals surface area contributed by atoms with Gasteiger partial charge in [-0.1, -0.05) is 11.6 Å². The molecule has 0 atom stereocenters. The lowest BCUT2D eigenvalue weighted by Crippen LogP contribution is -1.95. The Morgan fingerprint density at radius 1 is 1.26 bits per heavy atom. The molecule has 1 saturated carbocycles. The Labute approximate surface area is 119 Å². The minimum absolute atomic E-state index is 0.557. The molecule has 0 aliphatic heterocycles. The van der Waals surface area contributed by atoms with Crippen LogP contribution in [0.1, 0.15) is 18.9 Å². The molecule has 0 radical (unpaired) electrons. The van der Waals surface area contributed by atoms with Crippen molar-refractivity contribution in [2.75, 3.05) is 5.73 Å². The van der Waals surface area contributed by atoms with Crippen LogP contribution in [0, 0.1) is 0 Å². The number of nitrogens with two attached hydrogens (primary N) is 1. The maximum atomic E-state index is 6.12. The first-order valence-corrected chi connectivity index (χ1v) is 7.45. The highest BCUT2D eigenvalue weighted by atomic mass is 35.5. The molecule has 0 spiro atoms. The molecule has 0 bridgehead atoms. The third-order valence-electron chi connectivity index (χ3n) is 3.41. The fraction of sp³-hybridized carbons (Fsp3) is 0.214. The molecule has 1 aliphatic carbocycles. The number of imidazole rings is 1. The normalized spacial score (nSPS) is 15.2. The van der Waals surface area contributed by atoms with E-state index in [0.717, 1.165) is 31.8 Å². The van der Waals surface area contributed by atoms with Gasteiger partial charge in [0.15, 0.2) is 5.82 Å². The van der Waals surface area contributed by atoms with Crippen molar-refractivity contribution in [3.63, 3.8) is 0 Å². The van der Waals surface area contributed by atoms with E-state index in [-0.39, 0.29) is 0 Å². The van der Waals surface area contributed by atoms with Crippen LogP contribution in [-0.4, -0.2) is 9.55 Å². The molecule has 0 amide bonds. The lowest BCUT2D eigenvalue weighted by molar-refractivity contribution is 0.777. The van der Waals surface area contributed by atoms with Gasteiger partial charge in [-0.25, -0.2) is 4.98 Å². The van der Waals surface area contributed by atoms with E-state index in [1.54, 1.807) is 11.3 Å². The topological polar surface area (TPSA) is 43.8 Å². The van der Waals surface area contributed by atoms with Gasteiger partial charge >= 0.3 is 0 Å². The first kappa shape index (κ1) is 11.3. The molecule has 0 unspecified atom stereocenters. The number of nitrogens with zero attached hydrogens (tertiary/aromatic N) is 2. The van der Waals surface area contributed by atoms with Crippen LogP contribution in [0.25, 0.3) is 21.7 Å². The third kappa shape index (κ3) is 1.83. The Hall–Kier alpha value is -1.52. The molecule has 0 saturated heterocycles. The molecule has 3 aromatic rings. The van der Waals surface area contributed by atoms with Gasteiger partial charge in [0, 0.05) is 11.1 Å². The Morgan fingerprint density at radius 2 is 2.11 bits per heavy atom. The summed E-state index contributed by atoms with van der Waals surface area (Å²) in [4.78, 5) is 5.88. The molecule has 1 aliphatic rings. The van der Waals surface area contributed by atoms with Crippen molar-refractivity contribution >= 4 is 39.0 Å². The number of hydrogen-bond acceptors (Lipinski definition) is 3. The molecule has 3 nitrogen and oxygen atoms in total. The number of aromatic nitrogens is 2. The Kier molecular flexibility index (Phi) is 2.37. The summed E-state index contributed by atoms with van der Waals surface area (Å²) in [7, 11) is 0. The van der Waals surface area contributed by atoms with E-state index in [1.165, 1.54) is 12.8 Å². The number of anilines is 1. The summed E-state index contributed by atoms with van der Waals surface area (Å²) < 4.78 is 2.31. The second-order valence-electron chi connectivity index (χ2n) is 4.87. The van der Waals surface area contributed by atoms with Gasteiger partial charge < -0.3 is 10.3 Å². The molecule has 4 rings (SSSR count). The van der Waals surface area contributed by atoms with Crippen LogP contribution in [0.15, 0.2) is 30.3 Å². The zero-order valence-corrected chi connectivity index (χ0v) is 11.7. The number of rotatable bonds is 2. The number of hydrogen-bond donors (Lipinski definition) is 1. The summed E-state index contributed by atoms with van der Waals surface area (Å²) in [6.07, 6.45) is 2.43. The first-order chi connectivity index (χ1) is 9.22. The fourth-order valence-corrected chi connectivity index (χ4v) is 3.34. The standard InChI is InChI=1S/C14H12ClN3S/c15-8-1-4-10-11(7-8)18(9-2-3-9)14(17-10)12-5-6-13(16)19-12/h1,4-7,9H,2-3,16H2. The predicted molar refractivity (Wildman–Crippen MR) is 80.7 cm³/mol. The lowest BCUT2D eigenvalue weighted by atomic mass is 10.3. The number of benzene rings is 1. The van der Waals surface area contributed by atoms with Crippen molar-refractivity contribution < 1.29 is 0 Å². The van der Waals surface area contributed by atoms with Crippen molar-refractivity contribution in [2.45, 2.75) is 18.9 Å². The van der Waals surface area contributed by atoms with Gasteiger partial charge in [-0.3, -0.25) is 0 Å². The van der Waals surface area contributed by atoms with Crippen LogP contribution in [0.4, 0.5) is 5.00 Å². The van der Waals surface area contributed by atoms with Gasteiger partial charge in [0.05, 0.1) is 20.9 Å². The van der Waals surface area contributed by atoms with Crippen LogP contribution < -0.4 is 5.73 Å². The van der Waals surface area contributed by atoms with Gasteiger partial charge in [-0.05, 0) is 43.2 Å². The Bertz CT molecular complexity index is 770. The quantitative estimate of drug-likeness (QED) is 0.763. The highest BCUT2D eigenvalue weighted by molar-refractivity contribution is 7.19. The van der Waals surface area contributed by atoms with Crippen LogP contribution >= 0.6 is 22.9 Å². The summed E-state index contributed by atoms with van der Waals surface area (Å²) >= 11 is 7.70. The van der Waals surface area contributed by atoms with E-state index in [9.17, 15) is 0 Å². The lowest BCUT2D eigenvalue weighted by Gasteiger charge is -2.05. The van der Waals surface area contributed by atoms with Gasteiger partial charge in [0.1, 0.15) is 0 Å². The van der Waals surface area contributed by atoms with Crippen molar-refractivity contribution in [1.29, 1.82) is 0 Å². The third-order valence-corrected chi connectivity index (χ3v) is 4.56. The van der Waals surface area contributed by atoms with Gasteiger partial charge in [-0.2, -0.15) is 0 Å². The summed E-state index contributed by atoms with van der Waals surface area (Å²) in [6, 6.07) is 10.4. The maximum Gasteiger partial charge on any atom is 0.151 e. The molecule has 1 aromatic carbocycles. The molecule has 1 fully saturated rings. The molecule has 5 heteroatoms. The highest BCUT2D eigenvalue weighted by Gasteiger charge is 2.29. The molecule has 19 heavy (non-hydrogen) atoms. The second kappa shape index (κ2) is 3.99. The largest absolute Gasteiger partial charge is 0.391 e. The predicted octanol–water partition coefficient (Wildman–Crippen LogP) is 4.34. The monoisotopic (exact) mass is 289 g/mol. The molecular formula is C14H12ClN3S. The van der Waals surface area contributed by atoms with Crippen LogP contribution in [0.3, 0.4) is 0 Å². The fourth-order valence-electron chi connectivity index (χ4n) is 2.42. The van der Waals surface area contributed by atoms with E-state index in [2.05, 4.69) is 4.57 Å². The van der Waals surface area contributed by atoms with Crippen LogP contribution in [0.2, 0.25) is 5.02 Å². The van der Waals surface area contributed by atoms with Crippen molar-refractivity contribution in [2.24, 2.45) is 0 Å². The molecular weight excluding hydrogens is 278 g/mol. The first-order valence-electron chi connectivity index (χ1n) is 6.25. The average Bonchev–Trinajstić information content (AvgIpc) is 3.02. The van der Waals surface area contributed by atoms with Crippen LogP contribution in [0.5, 0.6) is 0 Å². The SMILES string of the molecule is Nc1ccc(-c2nc3ccc(Cl)cc3n2C2CC2)s1. The van der Waals surface area contributed by atoms with E-state index in [1.807, 2.05) is 30.3 Å². The van der Waals surface area contributed by atoms with Crippen molar-refractivity contribution in [3.05, 3.63) is 35.4 Å². The zero-order chi connectivity index (χ0) is 13.0. The van der Waals surface area contributed by atoms with Gasteiger partial charge in [0.25, 0.3) is 0 Å². The number of fused-ring (bicyclic) bond motifs is 1. The maximum absolute atomic E-state index is 6.12. The van der Waals surface area contributed by atoms with E-state index in [0.29, 0.717) is 6.04 Å². The highest BCUT2D eigenvalue weighted by Crippen LogP contribution is 2.43. The van der Waals surface area contributed by atoms with Gasteiger partial charge in [0.2, 0.25) is 0 Å². The number of thiophene rings is 1. The summed E-state index contributed by atoms with van der Waals surface area (Å²) in [5.74, 6) is 1.02. The molecule has 2 heterocycles. The Morgan fingerprint density at radius 3 is 2.79 bits per heavy atom. The second-order valence-corrected chi connectivity index (χ2v) is 6.42. The molecule has 2 aromatic heterocycles. The number of nitrogen functional groups attached to an aromatic ring is 1. The summed E-state index contributed by atoms with van der Waals surface area (Å²) in [5.41, 5.74) is 7.96. The summed E-state index contributed by atoms with van der Waals surface area (Å²) in [6.45, 7) is 0. The van der Waals surface area contributed by atoms with Crippen molar-refractivity contribution in [1.82, 2.24) is 9.55 Å². The molecule has 96 valence electrons. The number of halogens is 1. The minimum atomic E-state index is 0.557. The zero-order valence-electron chi connectivity index (χ0n) is 10.1. The van der Waals surface area contributed by atoms with E-state index in [4.69, 9.17) is 22.3 Å². The van der Waals surface area contributed by atoms with Crippen LogP contribution in [-0.2, 0) is 0 Å². The van der Waals surface area contributed by atoms with Crippen molar-refractivity contribution in [3.8, 4) is 10.7 Å². The molecule has 2 N–H and O–H groups in total. The average molecular weight is 290 g/mol.